The minimum Gasteiger partial charge on any atom is -0.398 e. The lowest BCUT2D eigenvalue weighted by Crippen LogP contribution is -2.25. The molecular weight excluding hydrogens is 252 g/mol. The standard InChI is InChI=1S/C15H20N4O/c1-10-13(11(2)19(3)18-10)9-17-15(20)8-12-6-4-5-7-14(12)16/h4-7H,8-9,16H2,1-3H3,(H,17,20). The van der Waals surface area contributed by atoms with E-state index in [0.29, 0.717) is 18.7 Å². The minimum absolute atomic E-state index is 0.0365. The van der Waals surface area contributed by atoms with E-state index in [9.17, 15) is 4.79 Å². The molecule has 1 amide bonds. The van der Waals surface area contributed by atoms with Crippen LogP contribution in [-0.2, 0) is 24.8 Å². The Labute approximate surface area is 118 Å². The van der Waals surface area contributed by atoms with Gasteiger partial charge >= 0.3 is 0 Å². The number of amides is 1. The van der Waals surface area contributed by atoms with Crippen molar-refractivity contribution in [3.8, 4) is 0 Å². The van der Waals surface area contributed by atoms with Gasteiger partial charge in [0.15, 0.2) is 0 Å². The number of aryl methyl sites for hydroxylation is 2. The molecule has 0 unspecified atom stereocenters. The number of nitrogens with one attached hydrogen (secondary N) is 1. The van der Waals surface area contributed by atoms with Crippen molar-refractivity contribution in [2.45, 2.75) is 26.8 Å². The molecule has 0 bridgehead atoms. The maximum atomic E-state index is 12.0. The highest BCUT2D eigenvalue weighted by molar-refractivity contribution is 5.80. The molecule has 5 nitrogen and oxygen atoms in total. The lowest BCUT2D eigenvalue weighted by Gasteiger charge is -2.07. The Morgan fingerprint density at radius 3 is 2.65 bits per heavy atom. The Morgan fingerprint density at radius 1 is 1.35 bits per heavy atom. The number of nitrogens with zero attached hydrogens (tertiary/aromatic N) is 2. The van der Waals surface area contributed by atoms with Crippen LogP contribution < -0.4 is 11.1 Å². The largest absolute Gasteiger partial charge is 0.398 e. The molecule has 3 N–H and O–H groups in total. The molecule has 0 fully saturated rings. The lowest BCUT2D eigenvalue weighted by molar-refractivity contribution is -0.120. The number of carbonyl (C=O) groups excluding carboxylic acids is 1. The second-order valence-electron chi connectivity index (χ2n) is 4.93. The van der Waals surface area contributed by atoms with Crippen molar-refractivity contribution >= 4 is 11.6 Å². The fourth-order valence-corrected chi connectivity index (χ4v) is 2.19. The summed E-state index contributed by atoms with van der Waals surface area (Å²) < 4.78 is 1.83. The molecule has 1 aromatic carbocycles. The second kappa shape index (κ2) is 5.77. The first kappa shape index (κ1) is 14.1. The van der Waals surface area contributed by atoms with Gasteiger partial charge in [-0.25, -0.2) is 0 Å². The van der Waals surface area contributed by atoms with Gasteiger partial charge in [0, 0.05) is 30.5 Å². The third kappa shape index (κ3) is 2.99. The molecule has 0 aliphatic carbocycles. The molecule has 106 valence electrons. The van der Waals surface area contributed by atoms with Gasteiger partial charge in [-0.05, 0) is 25.5 Å². The van der Waals surface area contributed by atoms with Crippen LogP contribution in [0.15, 0.2) is 24.3 Å². The van der Waals surface area contributed by atoms with Crippen molar-refractivity contribution in [2.24, 2.45) is 7.05 Å². The molecule has 0 radical (unpaired) electrons. The van der Waals surface area contributed by atoms with Crippen LogP contribution in [0.3, 0.4) is 0 Å². The van der Waals surface area contributed by atoms with Crippen molar-refractivity contribution < 1.29 is 4.79 Å². The van der Waals surface area contributed by atoms with Crippen LogP contribution >= 0.6 is 0 Å². The fourth-order valence-electron chi connectivity index (χ4n) is 2.19. The van der Waals surface area contributed by atoms with E-state index in [1.54, 1.807) is 6.07 Å². The van der Waals surface area contributed by atoms with Gasteiger partial charge in [0.1, 0.15) is 0 Å². The molecule has 5 heteroatoms. The maximum absolute atomic E-state index is 12.0. The molecule has 1 aromatic heterocycles. The van der Waals surface area contributed by atoms with Gasteiger partial charge in [-0.1, -0.05) is 18.2 Å². The Hall–Kier alpha value is -2.30. The SMILES string of the molecule is Cc1nn(C)c(C)c1CNC(=O)Cc1ccccc1N. The zero-order chi connectivity index (χ0) is 14.7. The molecule has 0 spiro atoms. The van der Waals surface area contributed by atoms with Gasteiger partial charge in [0.2, 0.25) is 5.91 Å². The van der Waals surface area contributed by atoms with Crippen molar-refractivity contribution in [3.05, 3.63) is 46.8 Å². The molecule has 2 rings (SSSR count). The van der Waals surface area contributed by atoms with E-state index in [0.717, 1.165) is 22.5 Å². The van der Waals surface area contributed by atoms with Crippen LogP contribution in [0.2, 0.25) is 0 Å². The van der Waals surface area contributed by atoms with E-state index < -0.39 is 0 Å². The Kier molecular flexibility index (Phi) is 4.08. The highest BCUT2D eigenvalue weighted by Crippen LogP contribution is 2.13. The monoisotopic (exact) mass is 272 g/mol. The van der Waals surface area contributed by atoms with Gasteiger partial charge < -0.3 is 11.1 Å². The van der Waals surface area contributed by atoms with Crippen LogP contribution in [-0.4, -0.2) is 15.7 Å². The zero-order valence-corrected chi connectivity index (χ0v) is 12.1. The molecule has 20 heavy (non-hydrogen) atoms. The van der Waals surface area contributed by atoms with Gasteiger partial charge in [-0.2, -0.15) is 5.10 Å². The van der Waals surface area contributed by atoms with Crippen molar-refractivity contribution in [2.75, 3.05) is 5.73 Å². The number of carbonyl (C=O) groups is 1. The van der Waals surface area contributed by atoms with E-state index in [2.05, 4.69) is 10.4 Å². The van der Waals surface area contributed by atoms with E-state index in [4.69, 9.17) is 5.73 Å². The number of aromatic nitrogens is 2. The number of hydrogen-bond donors (Lipinski definition) is 2. The molecular formula is C15H20N4O. The van der Waals surface area contributed by atoms with Crippen LogP contribution in [0, 0.1) is 13.8 Å². The summed E-state index contributed by atoms with van der Waals surface area (Å²) >= 11 is 0. The first-order valence-electron chi connectivity index (χ1n) is 6.58. The number of hydrogen-bond acceptors (Lipinski definition) is 3. The third-order valence-electron chi connectivity index (χ3n) is 3.53. The third-order valence-corrected chi connectivity index (χ3v) is 3.53. The molecule has 0 atom stereocenters. The average molecular weight is 272 g/mol. The summed E-state index contributed by atoms with van der Waals surface area (Å²) in [5.41, 5.74) is 10.4. The lowest BCUT2D eigenvalue weighted by atomic mass is 10.1. The van der Waals surface area contributed by atoms with E-state index in [-0.39, 0.29) is 5.91 Å². The predicted molar refractivity (Wildman–Crippen MR) is 79.1 cm³/mol. The van der Waals surface area contributed by atoms with Crippen molar-refractivity contribution in [1.82, 2.24) is 15.1 Å². The molecule has 0 saturated carbocycles. The van der Waals surface area contributed by atoms with Gasteiger partial charge in [0.25, 0.3) is 0 Å². The van der Waals surface area contributed by atoms with Crippen molar-refractivity contribution in [1.29, 1.82) is 0 Å². The molecule has 1 heterocycles. The molecule has 2 aromatic rings. The van der Waals surface area contributed by atoms with E-state index in [1.165, 1.54) is 0 Å². The zero-order valence-electron chi connectivity index (χ0n) is 12.1. The first-order chi connectivity index (χ1) is 9.49. The molecule has 0 aliphatic heterocycles. The van der Waals surface area contributed by atoms with Crippen molar-refractivity contribution in [3.63, 3.8) is 0 Å². The normalized spacial score (nSPS) is 10.6. The van der Waals surface area contributed by atoms with Crippen LogP contribution in [0.25, 0.3) is 0 Å². The molecule has 0 aliphatic rings. The number of benzene rings is 1. The number of para-hydroxylation sites is 1. The average Bonchev–Trinajstić information content (AvgIpc) is 2.64. The van der Waals surface area contributed by atoms with Gasteiger partial charge in [-0.15, -0.1) is 0 Å². The topological polar surface area (TPSA) is 72.9 Å². The Bertz CT molecular complexity index is 631. The summed E-state index contributed by atoms with van der Waals surface area (Å²) in [7, 11) is 1.90. The summed E-state index contributed by atoms with van der Waals surface area (Å²) in [5, 5.41) is 7.25. The number of nitrogen functional groups attached to an aromatic ring is 1. The second-order valence-corrected chi connectivity index (χ2v) is 4.93. The highest BCUT2D eigenvalue weighted by Gasteiger charge is 2.11. The Balaban J connectivity index is 1.98. The fraction of sp³-hybridized carbons (Fsp3) is 0.333. The molecule has 0 saturated heterocycles. The highest BCUT2D eigenvalue weighted by atomic mass is 16.1. The van der Waals surface area contributed by atoms with E-state index in [1.807, 2.05) is 43.8 Å². The summed E-state index contributed by atoms with van der Waals surface area (Å²) in [4.78, 5) is 12.0. The van der Waals surface area contributed by atoms with Gasteiger partial charge in [-0.3, -0.25) is 9.48 Å². The van der Waals surface area contributed by atoms with Crippen LogP contribution in [0.5, 0.6) is 0 Å². The number of rotatable bonds is 4. The first-order valence-corrected chi connectivity index (χ1v) is 6.58. The quantitative estimate of drug-likeness (QED) is 0.828. The van der Waals surface area contributed by atoms with Gasteiger partial charge in [0.05, 0.1) is 12.1 Å². The summed E-state index contributed by atoms with van der Waals surface area (Å²) in [6, 6.07) is 7.42. The summed E-state index contributed by atoms with van der Waals surface area (Å²) in [6.07, 6.45) is 0.297. The smallest absolute Gasteiger partial charge is 0.224 e. The predicted octanol–water partition coefficient (Wildman–Crippen LogP) is 1.48. The number of anilines is 1. The van der Waals surface area contributed by atoms with E-state index >= 15 is 0 Å². The maximum Gasteiger partial charge on any atom is 0.224 e. The summed E-state index contributed by atoms with van der Waals surface area (Å²) in [5.74, 6) is -0.0365. The van der Waals surface area contributed by atoms with Crippen LogP contribution in [0.4, 0.5) is 5.69 Å². The number of nitrogens with two attached hydrogens (primary N) is 1. The Morgan fingerprint density at radius 2 is 2.05 bits per heavy atom. The minimum atomic E-state index is -0.0365. The summed E-state index contributed by atoms with van der Waals surface area (Å²) in [6.45, 7) is 4.44. The van der Waals surface area contributed by atoms with Crippen LogP contribution in [0.1, 0.15) is 22.5 Å².